The number of para-hydroxylation sites is 1. The van der Waals surface area contributed by atoms with Gasteiger partial charge in [0.25, 0.3) is 0 Å². The average Bonchev–Trinajstić information content (AvgIpc) is 3.29. The zero-order valence-electron chi connectivity index (χ0n) is 24.0. The first kappa shape index (κ1) is 26.7. The SMILES string of the molecule is CC(C)(C)c1cc(Cc2ccc(NC3=CCC(Cn4nnc5ccccc54)C=C3)cc2)cc(C(C)(C)C)c1O. The lowest BCUT2D eigenvalue weighted by atomic mass is 9.78. The molecule has 1 aliphatic rings. The van der Waals surface area contributed by atoms with Crippen LogP contribution in [0, 0.1) is 5.92 Å². The second-order valence-electron chi connectivity index (χ2n) is 12.8. The van der Waals surface area contributed by atoms with E-state index in [1.54, 1.807) is 0 Å². The summed E-state index contributed by atoms with van der Waals surface area (Å²) in [6.45, 7) is 13.8. The van der Waals surface area contributed by atoms with Crippen LogP contribution in [-0.4, -0.2) is 20.1 Å². The van der Waals surface area contributed by atoms with E-state index in [-0.39, 0.29) is 10.8 Å². The first-order chi connectivity index (χ1) is 18.5. The molecular formula is C34H40N4O. The summed E-state index contributed by atoms with van der Waals surface area (Å²) in [6.07, 6.45) is 8.47. The Morgan fingerprint density at radius 2 is 1.56 bits per heavy atom. The number of aromatic nitrogens is 3. The van der Waals surface area contributed by atoms with Crippen molar-refractivity contribution in [2.45, 2.75) is 71.8 Å². The number of nitrogens with zero attached hydrogens (tertiary/aromatic N) is 3. The van der Waals surface area contributed by atoms with Gasteiger partial charge in [-0.3, -0.25) is 0 Å². The number of hydrogen-bond donors (Lipinski definition) is 2. The summed E-state index contributed by atoms with van der Waals surface area (Å²) in [6, 6.07) is 21.1. The van der Waals surface area contributed by atoms with Gasteiger partial charge in [-0.25, -0.2) is 4.68 Å². The molecule has 202 valence electrons. The molecule has 3 aromatic carbocycles. The highest BCUT2D eigenvalue weighted by Gasteiger charge is 2.26. The number of rotatable bonds is 6. The van der Waals surface area contributed by atoms with Gasteiger partial charge in [0.1, 0.15) is 11.3 Å². The third kappa shape index (κ3) is 6.08. The number of anilines is 1. The first-order valence-corrected chi connectivity index (χ1v) is 13.9. The summed E-state index contributed by atoms with van der Waals surface area (Å²) in [5, 5.41) is 23.2. The van der Waals surface area contributed by atoms with E-state index in [0.29, 0.717) is 11.7 Å². The molecule has 0 amide bonds. The number of phenolic OH excluding ortho intramolecular Hbond substituents is 1. The van der Waals surface area contributed by atoms with Gasteiger partial charge in [0, 0.05) is 23.8 Å². The lowest BCUT2D eigenvalue weighted by Crippen LogP contribution is -2.18. The third-order valence-corrected chi connectivity index (χ3v) is 7.45. The van der Waals surface area contributed by atoms with Crippen molar-refractivity contribution in [1.29, 1.82) is 0 Å². The van der Waals surface area contributed by atoms with Crippen molar-refractivity contribution in [2.24, 2.45) is 5.92 Å². The van der Waals surface area contributed by atoms with Gasteiger partial charge >= 0.3 is 0 Å². The van der Waals surface area contributed by atoms with Crippen molar-refractivity contribution >= 4 is 16.7 Å². The number of nitrogens with one attached hydrogen (secondary N) is 1. The fourth-order valence-electron chi connectivity index (χ4n) is 5.22. The summed E-state index contributed by atoms with van der Waals surface area (Å²) < 4.78 is 2.00. The number of benzene rings is 3. The van der Waals surface area contributed by atoms with Crippen molar-refractivity contribution in [3.05, 3.63) is 107 Å². The van der Waals surface area contributed by atoms with Crippen LogP contribution in [0.3, 0.4) is 0 Å². The second kappa shape index (κ2) is 10.4. The minimum absolute atomic E-state index is 0.128. The highest BCUT2D eigenvalue weighted by Crippen LogP contribution is 2.40. The highest BCUT2D eigenvalue weighted by atomic mass is 16.3. The minimum Gasteiger partial charge on any atom is -0.507 e. The average molecular weight is 521 g/mol. The zero-order valence-corrected chi connectivity index (χ0v) is 24.0. The molecule has 0 saturated carbocycles. The van der Waals surface area contributed by atoms with Crippen molar-refractivity contribution in [1.82, 2.24) is 15.0 Å². The van der Waals surface area contributed by atoms with Gasteiger partial charge < -0.3 is 10.4 Å². The monoisotopic (exact) mass is 520 g/mol. The normalized spacial score (nSPS) is 15.9. The molecule has 0 radical (unpaired) electrons. The Kier molecular flexibility index (Phi) is 7.11. The van der Waals surface area contributed by atoms with Gasteiger partial charge in [-0.05, 0) is 76.3 Å². The number of aromatic hydroxyl groups is 1. The number of fused-ring (bicyclic) bond motifs is 1. The van der Waals surface area contributed by atoms with Crippen LogP contribution >= 0.6 is 0 Å². The van der Waals surface area contributed by atoms with Crippen molar-refractivity contribution in [2.75, 3.05) is 5.32 Å². The van der Waals surface area contributed by atoms with Crippen LogP contribution in [0.1, 0.15) is 70.2 Å². The van der Waals surface area contributed by atoms with Crippen LogP contribution in [-0.2, 0) is 23.8 Å². The highest BCUT2D eigenvalue weighted by molar-refractivity contribution is 5.73. The van der Waals surface area contributed by atoms with Gasteiger partial charge in [-0.15, -0.1) is 5.10 Å². The summed E-state index contributed by atoms with van der Waals surface area (Å²) in [5.74, 6) is 0.827. The van der Waals surface area contributed by atoms with Gasteiger partial charge in [0.2, 0.25) is 0 Å². The summed E-state index contributed by atoms with van der Waals surface area (Å²) >= 11 is 0. The first-order valence-electron chi connectivity index (χ1n) is 13.9. The van der Waals surface area contributed by atoms with E-state index in [4.69, 9.17) is 0 Å². The van der Waals surface area contributed by atoms with E-state index < -0.39 is 0 Å². The standard InChI is InChI=1S/C34H40N4O/c1-33(2,3)28-20-25(21-29(32(28)39)34(4,5)6)19-23-11-15-26(16-12-23)35-27-17-13-24(14-18-27)22-38-31-10-8-7-9-30(31)36-37-38/h7-13,15-18,20-21,24,35,39H,14,19,22H2,1-6H3. The predicted octanol–water partition coefficient (Wildman–Crippen LogP) is 7.89. The Morgan fingerprint density at radius 1 is 0.897 bits per heavy atom. The molecule has 0 spiro atoms. The maximum atomic E-state index is 11.0. The van der Waals surface area contributed by atoms with E-state index in [9.17, 15) is 5.11 Å². The fraction of sp³-hybridized carbons (Fsp3) is 0.353. The van der Waals surface area contributed by atoms with Gasteiger partial charge in [0.05, 0.1) is 5.52 Å². The van der Waals surface area contributed by atoms with Crippen molar-refractivity contribution in [3.63, 3.8) is 0 Å². The van der Waals surface area contributed by atoms with Gasteiger partial charge in [-0.1, -0.05) is 95.3 Å². The lowest BCUT2D eigenvalue weighted by molar-refractivity contribution is 0.423. The van der Waals surface area contributed by atoms with Crippen LogP contribution in [0.4, 0.5) is 5.69 Å². The van der Waals surface area contributed by atoms with Crippen LogP contribution in [0.15, 0.2) is 84.6 Å². The number of phenols is 1. The van der Waals surface area contributed by atoms with Gasteiger partial charge in [0.15, 0.2) is 0 Å². The Hall–Kier alpha value is -3.86. The molecule has 0 aliphatic heterocycles. The topological polar surface area (TPSA) is 63.0 Å². The molecule has 1 unspecified atom stereocenters. The number of allylic oxidation sites excluding steroid dienone is 3. The van der Waals surface area contributed by atoms with E-state index in [1.807, 2.05) is 22.9 Å². The molecular weight excluding hydrogens is 480 g/mol. The quantitative estimate of drug-likeness (QED) is 0.271. The van der Waals surface area contributed by atoms with Crippen molar-refractivity contribution < 1.29 is 5.11 Å². The number of hydrogen-bond acceptors (Lipinski definition) is 4. The maximum Gasteiger partial charge on any atom is 0.123 e. The molecule has 0 bridgehead atoms. The van der Waals surface area contributed by atoms with E-state index in [2.05, 4.69) is 118 Å². The fourth-order valence-corrected chi connectivity index (χ4v) is 5.22. The molecule has 5 heteroatoms. The van der Waals surface area contributed by atoms with Crippen LogP contribution in [0.25, 0.3) is 11.0 Å². The van der Waals surface area contributed by atoms with Crippen LogP contribution in [0.5, 0.6) is 5.75 Å². The van der Waals surface area contributed by atoms with Crippen molar-refractivity contribution in [3.8, 4) is 5.75 Å². The Balaban J connectivity index is 1.23. The Morgan fingerprint density at radius 3 is 2.18 bits per heavy atom. The largest absolute Gasteiger partial charge is 0.507 e. The minimum atomic E-state index is -0.128. The molecule has 1 aromatic heterocycles. The molecule has 1 aliphatic carbocycles. The van der Waals surface area contributed by atoms with E-state index in [0.717, 1.165) is 52.9 Å². The lowest BCUT2D eigenvalue weighted by Gasteiger charge is -2.28. The third-order valence-electron chi connectivity index (χ3n) is 7.45. The predicted molar refractivity (Wildman–Crippen MR) is 161 cm³/mol. The summed E-state index contributed by atoms with van der Waals surface area (Å²) in [5.41, 5.74) is 8.45. The molecule has 4 aromatic rings. The maximum absolute atomic E-state index is 11.0. The Labute approximate surface area is 232 Å². The second-order valence-corrected chi connectivity index (χ2v) is 12.8. The van der Waals surface area contributed by atoms with E-state index in [1.165, 1.54) is 11.1 Å². The molecule has 2 N–H and O–H groups in total. The molecule has 0 saturated heterocycles. The van der Waals surface area contributed by atoms with E-state index >= 15 is 0 Å². The van der Waals surface area contributed by atoms with Crippen LogP contribution in [0.2, 0.25) is 0 Å². The smallest absolute Gasteiger partial charge is 0.123 e. The molecule has 5 nitrogen and oxygen atoms in total. The molecule has 39 heavy (non-hydrogen) atoms. The summed E-state index contributed by atoms with van der Waals surface area (Å²) in [7, 11) is 0. The molecule has 1 heterocycles. The van der Waals surface area contributed by atoms with Gasteiger partial charge in [-0.2, -0.15) is 0 Å². The Bertz CT molecular complexity index is 1490. The zero-order chi connectivity index (χ0) is 27.8. The molecule has 5 rings (SSSR count). The molecule has 1 atom stereocenters. The summed E-state index contributed by atoms with van der Waals surface area (Å²) in [4.78, 5) is 0. The molecule has 0 fully saturated rings. The van der Waals surface area contributed by atoms with Crippen LogP contribution < -0.4 is 5.32 Å².